The lowest BCUT2D eigenvalue weighted by atomic mass is 10.2. The largest absolute Gasteiger partial charge is 0.375 e. The van der Waals surface area contributed by atoms with Crippen LogP contribution in [0.1, 0.15) is 18.4 Å². The van der Waals surface area contributed by atoms with Crippen molar-refractivity contribution in [3.05, 3.63) is 63.2 Å². The Kier molecular flexibility index (Phi) is 12.4. The molecule has 2 rings (SSSR count). The van der Waals surface area contributed by atoms with E-state index < -0.39 is 21.5 Å². The zero-order valence-corrected chi connectivity index (χ0v) is 23.9. The van der Waals surface area contributed by atoms with Crippen molar-refractivity contribution >= 4 is 38.9 Å². The number of halogens is 1. The first-order valence-corrected chi connectivity index (χ1v) is 14.1. The molecule has 210 valence electrons. The second kappa shape index (κ2) is 15.0. The average molecular weight is 569 g/mol. The number of hydrogen-bond donors (Lipinski definition) is 2. The van der Waals surface area contributed by atoms with Gasteiger partial charge in [0.05, 0.1) is 16.4 Å². The Morgan fingerprint density at radius 1 is 0.947 bits per heavy atom. The Morgan fingerprint density at radius 2 is 1.53 bits per heavy atom. The van der Waals surface area contributed by atoms with Crippen LogP contribution in [0, 0.1) is 10.1 Å². The molecule has 0 aliphatic carbocycles. The second-order valence-electron chi connectivity index (χ2n) is 9.44. The number of rotatable bonds is 16. The van der Waals surface area contributed by atoms with E-state index in [1.807, 2.05) is 38.0 Å². The fraction of sp³-hybridized carbons (Fsp3) is 0.480. The molecule has 0 fully saturated rings. The van der Waals surface area contributed by atoms with Crippen LogP contribution in [0.2, 0.25) is 5.02 Å². The summed E-state index contributed by atoms with van der Waals surface area (Å²) in [4.78, 5) is 29.3. The summed E-state index contributed by atoms with van der Waals surface area (Å²) in [6.07, 6.45) is 1.51. The summed E-state index contributed by atoms with van der Waals surface area (Å²) in [6.45, 7) is 2.46. The molecule has 0 aliphatic heterocycles. The minimum atomic E-state index is -4.16. The molecule has 0 atom stereocenters. The number of carbonyl (C=O) groups excluding carboxylic acids is 1. The van der Waals surface area contributed by atoms with Gasteiger partial charge in [0.15, 0.2) is 0 Å². The highest BCUT2D eigenvalue weighted by Gasteiger charge is 2.23. The molecule has 0 heterocycles. The highest BCUT2D eigenvalue weighted by atomic mass is 35.5. The molecule has 0 spiro atoms. The molecule has 1 amide bonds. The standard InChI is InChI=1S/C25H37ClN6O5S/c1-29(2)13-5-15-31(16-6-14-30(3)4)25(33)19-28-38(36,37)22-11-12-23(24(17-22)32(34)35)27-18-20-7-9-21(26)10-8-20/h7-12,17,27-28H,5-6,13-16,18-19H2,1-4H3. The van der Waals surface area contributed by atoms with E-state index in [0.29, 0.717) is 18.1 Å². The minimum absolute atomic E-state index is 0.174. The van der Waals surface area contributed by atoms with Gasteiger partial charge in [-0.1, -0.05) is 23.7 Å². The van der Waals surface area contributed by atoms with Crippen molar-refractivity contribution in [3.63, 3.8) is 0 Å². The third-order valence-electron chi connectivity index (χ3n) is 5.71. The van der Waals surface area contributed by atoms with Gasteiger partial charge in [-0.05, 0) is 84.0 Å². The van der Waals surface area contributed by atoms with Gasteiger partial charge in [-0.3, -0.25) is 14.9 Å². The Balaban J connectivity index is 2.09. The molecule has 11 nitrogen and oxygen atoms in total. The van der Waals surface area contributed by atoms with Gasteiger partial charge in [-0.25, -0.2) is 13.1 Å². The van der Waals surface area contributed by atoms with Crippen LogP contribution in [-0.4, -0.2) is 94.9 Å². The molecule has 13 heteroatoms. The summed E-state index contributed by atoms with van der Waals surface area (Å²) in [5.74, 6) is -0.346. The monoisotopic (exact) mass is 568 g/mol. The Hall–Kier alpha value is -2.77. The fourth-order valence-corrected chi connectivity index (χ4v) is 4.77. The average Bonchev–Trinajstić information content (AvgIpc) is 2.85. The number of sulfonamides is 1. The van der Waals surface area contributed by atoms with Crippen molar-refractivity contribution < 1.29 is 18.1 Å². The molecule has 0 saturated heterocycles. The van der Waals surface area contributed by atoms with Crippen LogP contribution in [0.15, 0.2) is 47.4 Å². The number of carbonyl (C=O) groups is 1. The van der Waals surface area contributed by atoms with E-state index in [2.05, 4.69) is 10.0 Å². The first-order valence-electron chi connectivity index (χ1n) is 12.2. The van der Waals surface area contributed by atoms with Crippen LogP contribution < -0.4 is 10.0 Å². The normalized spacial score (nSPS) is 11.7. The molecule has 0 radical (unpaired) electrons. The number of amides is 1. The molecule has 0 aliphatic rings. The number of nitro benzene ring substituents is 1. The van der Waals surface area contributed by atoms with Gasteiger partial charge < -0.3 is 20.0 Å². The van der Waals surface area contributed by atoms with E-state index in [4.69, 9.17) is 11.6 Å². The van der Waals surface area contributed by atoms with Crippen molar-refractivity contribution in [1.29, 1.82) is 0 Å². The van der Waals surface area contributed by atoms with Gasteiger partial charge in [0, 0.05) is 30.7 Å². The number of benzene rings is 2. The van der Waals surface area contributed by atoms with E-state index >= 15 is 0 Å². The number of nitro groups is 1. The van der Waals surface area contributed by atoms with Crippen LogP contribution >= 0.6 is 11.6 Å². The summed E-state index contributed by atoms with van der Waals surface area (Å²) in [5.41, 5.74) is 0.636. The molecule has 2 aromatic carbocycles. The van der Waals surface area contributed by atoms with Gasteiger partial charge in [-0.15, -0.1) is 0 Å². The smallest absolute Gasteiger partial charge is 0.293 e. The van der Waals surface area contributed by atoms with Crippen LogP contribution in [-0.2, 0) is 21.4 Å². The predicted octanol–water partition coefficient (Wildman–Crippen LogP) is 2.87. The van der Waals surface area contributed by atoms with E-state index in [1.165, 1.54) is 12.1 Å². The van der Waals surface area contributed by atoms with Gasteiger partial charge >= 0.3 is 0 Å². The van der Waals surface area contributed by atoms with Crippen LogP contribution in [0.4, 0.5) is 11.4 Å². The summed E-state index contributed by atoms with van der Waals surface area (Å²) < 4.78 is 28.1. The van der Waals surface area contributed by atoms with Gasteiger partial charge in [-0.2, -0.15) is 0 Å². The van der Waals surface area contributed by atoms with E-state index in [0.717, 1.165) is 37.6 Å². The molecule has 2 N–H and O–H groups in total. The Labute approximate surface area is 229 Å². The highest BCUT2D eigenvalue weighted by molar-refractivity contribution is 7.89. The van der Waals surface area contributed by atoms with Gasteiger partial charge in [0.2, 0.25) is 15.9 Å². The lowest BCUT2D eigenvalue weighted by molar-refractivity contribution is -0.384. The Bertz CT molecular complexity index is 1160. The fourth-order valence-electron chi connectivity index (χ4n) is 3.65. The SMILES string of the molecule is CN(C)CCCN(CCCN(C)C)C(=O)CNS(=O)(=O)c1ccc(NCc2ccc(Cl)cc2)c([N+](=O)[O-])c1. The van der Waals surface area contributed by atoms with Crippen LogP contribution in [0.25, 0.3) is 0 Å². The second-order valence-corrected chi connectivity index (χ2v) is 11.6. The van der Waals surface area contributed by atoms with Crippen molar-refractivity contribution in [3.8, 4) is 0 Å². The molecule has 2 aromatic rings. The maximum absolute atomic E-state index is 12.9. The number of nitrogens with one attached hydrogen (secondary N) is 2. The summed E-state index contributed by atoms with van der Waals surface area (Å²) >= 11 is 5.89. The van der Waals surface area contributed by atoms with E-state index in [9.17, 15) is 23.3 Å². The van der Waals surface area contributed by atoms with E-state index in [1.54, 1.807) is 29.2 Å². The van der Waals surface area contributed by atoms with Crippen molar-refractivity contribution in [2.24, 2.45) is 0 Å². The van der Waals surface area contributed by atoms with E-state index in [-0.39, 0.29) is 28.7 Å². The number of anilines is 1. The maximum atomic E-state index is 12.9. The molecule has 38 heavy (non-hydrogen) atoms. The van der Waals surface area contributed by atoms with Crippen molar-refractivity contribution in [2.75, 3.05) is 66.2 Å². The first kappa shape index (κ1) is 31.4. The van der Waals surface area contributed by atoms with Crippen molar-refractivity contribution in [2.45, 2.75) is 24.3 Å². The molecule has 0 bridgehead atoms. The molecular weight excluding hydrogens is 532 g/mol. The zero-order valence-electron chi connectivity index (χ0n) is 22.3. The zero-order chi connectivity index (χ0) is 28.3. The first-order chi connectivity index (χ1) is 17.9. The number of hydrogen-bond acceptors (Lipinski definition) is 8. The Morgan fingerprint density at radius 3 is 2.05 bits per heavy atom. The van der Waals surface area contributed by atoms with Crippen LogP contribution in [0.5, 0.6) is 0 Å². The quantitative estimate of drug-likeness (QED) is 0.234. The topological polar surface area (TPSA) is 128 Å². The molecule has 0 aromatic heterocycles. The van der Waals surface area contributed by atoms with Crippen LogP contribution in [0.3, 0.4) is 0 Å². The lowest BCUT2D eigenvalue weighted by Gasteiger charge is -2.24. The highest BCUT2D eigenvalue weighted by Crippen LogP contribution is 2.28. The summed E-state index contributed by atoms with van der Waals surface area (Å²) in [5, 5.41) is 15.2. The molecule has 0 saturated carbocycles. The molecular formula is C25H37ClN6O5S. The number of nitrogens with zero attached hydrogens (tertiary/aromatic N) is 4. The third kappa shape index (κ3) is 10.5. The third-order valence-corrected chi connectivity index (χ3v) is 7.36. The molecule has 0 unspecified atom stereocenters. The predicted molar refractivity (Wildman–Crippen MR) is 150 cm³/mol. The van der Waals surface area contributed by atoms with Gasteiger partial charge in [0.1, 0.15) is 5.69 Å². The lowest BCUT2D eigenvalue weighted by Crippen LogP contribution is -2.42. The summed E-state index contributed by atoms with van der Waals surface area (Å²) in [6, 6.07) is 10.6. The maximum Gasteiger partial charge on any atom is 0.293 e. The summed E-state index contributed by atoms with van der Waals surface area (Å²) in [7, 11) is 3.63. The van der Waals surface area contributed by atoms with Crippen molar-refractivity contribution in [1.82, 2.24) is 19.4 Å². The minimum Gasteiger partial charge on any atom is -0.375 e. The van der Waals surface area contributed by atoms with Gasteiger partial charge in [0.25, 0.3) is 5.69 Å².